The molecule has 15 heteroatoms. The maximum atomic E-state index is 12.7. The van der Waals surface area contributed by atoms with Crippen molar-refractivity contribution in [2.45, 2.75) is 9.79 Å². The van der Waals surface area contributed by atoms with E-state index in [0.717, 1.165) is 16.8 Å². The molecule has 0 spiro atoms. The zero-order valence-electron chi connectivity index (χ0n) is 18.8. The molecule has 1 aromatic heterocycles. The van der Waals surface area contributed by atoms with Crippen molar-refractivity contribution in [2.75, 3.05) is 0 Å². The monoisotopic (exact) mass is 662 g/mol. The van der Waals surface area contributed by atoms with Crippen LogP contribution in [0.5, 0.6) is 0 Å². The van der Waals surface area contributed by atoms with Crippen LogP contribution in [0.2, 0.25) is 5.02 Å². The number of rotatable bonds is 5. The maximum absolute atomic E-state index is 12.7. The minimum Gasteiger partial charge on any atom is -0.290 e. The Balaban J connectivity index is 0.00000228. The molecule has 0 amide bonds. The van der Waals surface area contributed by atoms with Crippen LogP contribution in [-0.2, 0) is 20.2 Å². The Labute approximate surface area is 305 Å². The molecule has 4 aromatic rings. The van der Waals surface area contributed by atoms with Gasteiger partial charge in [-0.1, -0.05) is 63.9 Å². The van der Waals surface area contributed by atoms with E-state index < -0.39 is 41.1 Å². The summed E-state index contributed by atoms with van der Waals surface area (Å²) in [4.78, 5) is 11.1. The summed E-state index contributed by atoms with van der Waals surface area (Å²) in [7, 11) is -10.0. The van der Waals surface area contributed by atoms with Crippen molar-refractivity contribution in [3.63, 3.8) is 0 Å². The molecule has 0 bridgehead atoms. The van der Waals surface area contributed by atoms with E-state index in [9.17, 15) is 30.7 Å². The second-order valence-corrected chi connectivity index (χ2v) is 11.1. The van der Waals surface area contributed by atoms with E-state index in [0.29, 0.717) is 15.1 Å². The largest absolute Gasteiger partial charge is 1.00 e. The van der Waals surface area contributed by atoms with Gasteiger partial charge in [0.25, 0.3) is 25.8 Å². The Bertz CT molecular complexity index is 1670. The summed E-state index contributed by atoms with van der Waals surface area (Å²) in [5.41, 5.74) is -0.593. The van der Waals surface area contributed by atoms with Crippen LogP contribution >= 0.6 is 27.5 Å². The van der Waals surface area contributed by atoms with Gasteiger partial charge in [-0.05, 0) is 29.8 Å². The predicted octanol–water partition coefficient (Wildman–Crippen LogP) is -1.58. The van der Waals surface area contributed by atoms with E-state index in [-0.39, 0.29) is 120 Å². The number of hydrogen-bond acceptors (Lipinski definition) is 5. The first-order chi connectivity index (χ1) is 15.9. The van der Waals surface area contributed by atoms with Gasteiger partial charge in [-0.2, -0.15) is 16.8 Å². The van der Waals surface area contributed by atoms with E-state index in [4.69, 9.17) is 11.6 Å². The van der Waals surface area contributed by atoms with Crippen molar-refractivity contribution >= 4 is 47.8 Å². The maximum Gasteiger partial charge on any atom is 1.00 e. The van der Waals surface area contributed by atoms with Crippen LogP contribution in [0.15, 0.2) is 85.8 Å². The Kier molecular flexibility index (Phi) is 11.6. The molecule has 0 aliphatic rings. The Morgan fingerprint density at radius 3 is 1.81 bits per heavy atom. The molecular weight excluding hydrogens is 650 g/mol. The minimum absolute atomic E-state index is 0. The third kappa shape index (κ3) is 6.99. The number of aromatic amines is 1. The van der Waals surface area contributed by atoms with Gasteiger partial charge in [0.2, 0.25) is 0 Å². The van der Waals surface area contributed by atoms with Gasteiger partial charge in [0.15, 0.2) is 0 Å². The van der Waals surface area contributed by atoms with E-state index >= 15 is 0 Å². The topological polar surface area (TPSA) is 147 Å². The average Bonchev–Trinajstić information content (AvgIpc) is 3.13. The Morgan fingerprint density at radius 1 is 0.806 bits per heavy atom. The standard InChI is InChI=1S/C21H14BrClN2O7S2.2K/c22-15-7-3-1-5-13(15)21-18(33(27,28)29)9-12(10-19(21)34(30,31)32)25-20(26)11-17(24-25)14-6-2-4-8-16(14)23;;/h1-11,24H,(H,27,28,29)(H,30,31,32);;/q;2*+1. The molecular formula is C21H14BrClK2N2O7S2+2. The number of halogens is 2. The average molecular weight is 664 g/mol. The number of benzene rings is 3. The fourth-order valence-electron chi connectivity index (χ4n) is 3.45. The van der Waals surface area contributed by atoms with Gasteiger partial charge in [0, 0.05) is 26.7 Å². The SMILES string of the molecule is O=c1cc(-c2ccccc2Cl)[nH]n1-c1cc(S(=O)(=O)O)c(-c2ccccc2Br)c(S(=O)(=O)O)c1.[K+].[K+]. The molecule has 0 saturated heterocycles. The fourth-order valence-corrected chi connectivity index (χ4v) is 5.73. The molecule has 0 aliphatic carbocycles. The molecule has 0 aliphatic heterocycles. The summed E-state index contributed by atoms with van der Waals surface area (Å²) >= 11 is 9.40. The quantitative estimate of drug-likeness (QED) is 0.173. The van der Waals surface area contributed by atoms with Crippen molar-refractivity contribution in [3.8, 4) is 28.1 Å². The molecule has 0 unspecified atom stereocenters. The van der Waals surface area contributed by atoms with E-state index in [1.165, 1.54) is 24.3 Å². The second kappa shape index (κ2) is 12.8. The molecule has 36 heavy (non-hydrogen) atoms. The molecule has 0 saturated carbocycles. The third-order valence-electron chi connectivity index (χ3n) is 4.89. The zero-order chi connectivity index (χ0) is 24.8. The van der Waals surface area contributed by atoms with Gasteiger partial charge >= 0.3 is 103 Å². The molecule has 1 heterocycles. The number of hydrogen-bond donors (Lipinski definition) is 3. The summed E-state index contributed by atoms with van der Waals surface area (Å²) in [6.07, 6.45) is 0. The van der Waals surface area contributed by atoms with Crippen LogP contribution in [0.4, 0.5) is 0 Å². The van der Waals surface area contributed by atoms with Crippen LogP contribution in [0, 0.1) is 0 Å². The van der Waals surface area contributed by atoms with Crippen LogP contribution in [0.1, 0.15) is 0 Å². The van der Waals surface area contributed by atoms with Gasteiger partial charge in [-0.15, -0.1) is 0 Å². The Hall–Kier alpha value is 0.533. The number of nitrogens with one attached hydrogen (secondary N) is 1. The molecule has 3 aromatic carbocycles. The van der Waals surface area contributed by atoms with Crippen molar-refractivity contribution in [2.24, 2.45) is 0 Å². The zero-order valence-corrected chi connectivity index (χ0v) is 29.0. The second-order valence-electron chi connectivity index (χ2n) is 7.07. The van der Waals surface area contributed by atoms with E-state index in [2.05, 4.69) is 21.0 Å². The van der Waals surface area contributed by atoms with Crippen molar-refractivity contribution in [1.82, 2.24) is 9.78 Å². The first-order valence-electron chi connectivity index (χ1n) is 9.33. The van der Waals surface area contributed by atoms with Crippen molar-refractivity contribution in [3.05, 3.63) is 86.6 Å². The van der Waals surface area contributed by atoms with Crippen LogP contribution in [0.25, 0.3) is 28.1 Å². The molecule has 0 atom stereocenters. The van der Waals surface area contributed by atoms with E-state index in [1.54, 1.807) is 30.3 Å². The van der Waals surface area contributed by atoms with Gasteiger partial charge in [-0.3, -0.25) is 19.0 Å². The van der Waals surface area contributed by atoms with Crippen LogP contribution in [-0.4, -0.2) is 35.7 Å². The van der Waals surface area contributed by atoms with Gasteiger partial charge < -0.3 is 0 Å². The van der Waals surface area contributed by atoms with Crippen LogP contribution < -0.4 is 108 Å². The summed E-state index contributed by atoms with van der Waals surface area (Å²) in [6, 6.07) is 15.7. The first-order valence-corrected chi connectivity index (χ1v) is 13.4. The number of nitrogens with zero attached hydrogens (tertiary/aromatic N) is 1. The van der Waals surface area contributed by atoms with Crippen molar-refractivity contribution < 1.29 is 129 Å². The minimum atomic E-state index is -5.02. The molecule has 4 rings (SSSR count). The summed E-state index contributed by atoms with van der Waals surface area (Å²) in [5, 5.41) is 3.07. The van der Waals surface area contributed by atoms with Gasteiger partial charge in [0.05, 0.1) is 11.4 Å². The first kappa shape index (κ1) is 32.7. The Morgan fingerprint density at radius 2 is 1.31 bits per heavy atom. The molecule has 0 fully saturated rings. The van der Waals surface area contributed by atoms with E-state index in [1.807, 2.05) is 0 Å². The molecule has 9 nitrogen and oxygen atoms in total. The molecule has 0 radical (unpaired) electrons. The van der Waals surface area contributed by atoms with Gasteiger partial charge in [0.1, 0.15) is 9.79 Å². The summed E-state index contributed by atoms with van der Waals surface area (Å²) in [6.45, 7) is 0. The number of aromatic nitrogens is 2. The van der Waals surface area contributed by atoms with Crippen molar-refractivity contribution in [1.29, 1.82) is 0 Å². The van der Waals surface area contributed by atoms with Gasteiger partial charge in [-0.25, -0.2) is 4.68 Å². The summed E-state index contributed by atoms with van der Waals surface area (Å²) < 4.78 is 70.3. The third-order valence-corrected chi connectivity index (χ3v) is 7.67. The van der Waals surface area contributed by atoms with Crippen LogP contribution in [0.3, 0.4) is 0 Å². The fraction of sp³-hybridized carbons (Fsp3) is 0. The molecule has 176 valence electrons. The predicted molar refractivity (Wildman–Crippen MR) is 130 cm³/mol. The number of H-pyrrole nitrogens is 1. The normalized spacial score (nSPS) is 11.4. The molecule has 3 N–H and O–H groups in total. The summed E-state index contributed by atoms with van der Waals surface area (Å²) in [5.74, 6) is 0. The smallest absolute Gasteiger partial charge is 0.290 e.